The molecule has 2 aromatic rings. The second kappa shape index (κ2) is 8.54. The number of methoxy groups -OCH3 is 1. The molecule has 1 heterocycles. The highest BCUT2D eigenvalue weighted by molar-refractivity contribution is 7.99. The van der Waals surface area contributed by atoms with E-state index < -0.39 is 0 Å². The van der Waals surface area contributed by atoms with Crippen LogP contribution in [0, 0.1) is 0 Å². The van der Waals surface area contributed by atoms with Gasteiger partial charge in [-0.3, -0.25) is 4.79 Å². The Balaban J connectivity index is 1.95. The molecule has 0 aliphatic rings. The average Bonchev–Trinajstić information content (AvgIpc) is 3.06. The van der Waals surface area contributed by atoms with Gasteiger partial charge in [-0.25, -0.2) is 0 Å². The number of amides is 1. The second-order valence-electron chi connectivity index (χ2n) is 5.26. The van der Waals surface area contributed by atoms with Crippen LogP contribution in [-0.2, 0) is 4.79 Å². The van der Waals surface area contributed by atoms with E-state index in [0.717, 1.165) is 16.9 Å². The topological polar surface area (TPSA) is 68.5 Å². The molecule has 0 saturated carbocycles. The Labute approximate surface area is 145 Å². The molecule has 2 rings (SSSR count). The van der Waals surface area contributed by atoms with E-state index in [-0.39, 0.29) is 11.7 Å². The van der Waals surface area contributed by atoms with Gasteiger partial charge in [0.15, 0.2) is 0 Å². The molecule has 0 N–H and O–H groups in total. The number of ether oxygens (including phenoxy) is 1. The standard InChI is InChI=1S/C17H21N3O3S/c1-5-20(10-12(2)3)15(21)11-24-17-19-18-16(23-17)13-6-8-14(22-4)9-7-13/h6-9H,2,5,10-11H2,1,3-4H3. The van der Waals surface area contributed by atoms with Gasteiger partial charge in [-0.1, -0.05) is 23.9 Å². The van der Waals surface area contributed by atoms with Gasteiger partial charge in [0, 0.05) is 18.7 Å². The molecular formula is C17H21N3O3S. The summed E-state index contributed by atoms with van der Waals surface area (Å²) in [7, 11) is 1.61. The molecule has 6 nitrogen and oxygen atoms in total. The monoisotopic (exact) mass is 347 g/mol. The number of aromatic nitrogens is 2. The lowest BCUT2D eigenvalue weighted by atomic mass is 10.2. The molecule has 1 aromatic heterocycles. The van der Waals surface area contributed by atoms with Crippen molar-refractivity contribution in [3.63, 3.8) is 0 Å². The van der Waals surface area contributed by atoms with Gasteiger partial charge in [-0.15, -0.1) is 10.2 Å². The molecule has 0 spiro atoms. The number of nitrogens with zero attached hydrogens (tertiary/aromatic N) is 3. The Bertz CT molecular complexity index is 697. The molecule has 0 aliphatic heterocycles. The first-order valence-corrected chi connectivity index (χ1v) is 8.55. The first-order valence-electron chi connectivity index (χ1n) is 7.56. The van der Waals surface area contributed by atoms with Gasteiger partial charge in [0.1, 0.15) is 5.75 Å². The molecule has 0 fully saturated rings. The van der Waals surface area contributed by atoms with Crippen LogP contribution in [0.1, 0.15) is 13.8 Å². The summed E-state index contributed by atoms with van der Waals surface area (Å²) < 4.78 is 10.7. The van der Waals surface area contributed by atoms with Crippen LogP contribution in [0.4, 0.5) is 0 Å². The fraction of sp³-hybridized carbons (Fsp3) is 0.353. The van der Waals surface area contributed by atoms with E-state index in [1.807, 2.05) is 38.1 Å². The molecule has 0 unspecified atom stereocenters. The number of hydrogen-bond acceptors (Lipinski definition) is 6. The van der Waals surface area contributed by atoms with Crippen molar-refractivity contribution >= 4 is 17.7 Å². The number of carbonyl (C=O) groups is 1. The van der Waals surface area contributed by atoms with Gasteiger partial charge < -0.3 is 14.1 Å². The van der Waals surface area contributed by atoms with Gasteiger partial charge in [-0.2, -0.15) is 0 Å². The van der Waals surface area contributed by atoms with Gasteiger partial charge in [-0.05, 0) is 38.1 Å². The van der Waals surface area contributed by atoms with Gasteiger partial charge in [0.25, 0.3) is 5.22 Å². The maximum Gasteiger partial charge on any atom is 0.277 e. The summed E-state index contributed by atoms with van der Waals surface area (Å²) in [5.74, 6) is 1.46. The molecule has 7 heteroatoms. The largest absolute Gasteiger partial charge is 0.497 e. The van der Waals surface area contributed by atoms with Crippen LogP contribution in [0.15, 0.2) is 46.1 Å². The maximum absolute atomic E-state index is 12.2. The third kappa shape index (κ3) is 4.86. The van der Waals surface area contributed by atoms with Gasteiger partial charge in [0.05, 0.1) is 12.9 Å². The molecule has 0 aliphatic carbocycles. The minimum atomic E-state index is 0.0229. The first kappa shape index (κ1) is 18.1. The maximum atomic E-state index is 12.2. The number of benzene rings is 1. The average molecular weight is 347 g/mol. The van der Waals surface area contributed by atoms with Crippen molar-refractivity contribution < 1.29 is 13.9 Å². The normalized spacial score (nSPS) is 10.5. The third-order valence-corrected chi connectivity index (χ3v) is 4.06. The SMILES string of the molecule is C=C(C)CN(CC)C(=O)CSc1nnc(-c2ccc(OC)cc2)o1. The Hall–Kier alpha value is -2.28. The van der Waals surface area contributed by atoms with Crippen molar-refractivity contribution in [2.45, 2.75) is 19.1 Å². The summed E-state index contributed by atoms with van der Waals surface area (Å²) in [5.41, 5.74) is 1.76. The molecule has 0 saturated heterocycles. The van der Waals surface area contributed by atoms with E-state index in [0.29, 0.717) is 24.2 Å². The second-order valence-corrected chi connectivity index (χ2v) is 6.18. The number of thioether (sulfide) groups is 1. The summed E-state index contributed by atoms with van der Waals surface area (Å²) in [6.07, 6.45) is 0. The fourth-order valence-corrected chi connectivity index (χ4v) is 2.70. The Morgan fingerprint density at radius 1 is 1.33 bits per heavy atom. The predicted molar refractivity (Wildman–Crippen MR) is 94.1 cm³/mol. The minimum absolute atomic E-state index is 0.0229. The van der Waals surface area contributed by atoms with Crippen LogP contribution >= 0.6 is 11.8 Å². The molecule has 128 valence electrons. The van der Waals surface area contributed by atoms with E-state index in [1.54, 1.807) is 12.0 Å². The zero-order chi connectivity index (χ0) is 17.5. The highest BCUT2D eigenvalue weighted by atomic mass is 32.2. The van der Waals surface area contributed by atoms with Crippen molar-refractivity contribution in [3.05, 3.63) is 36.4 Å². The lowest BCUT2D eigenvalue weighted by Crippen LogP contribution is -2.33. The summed E-state index contributed by atoms with van der Waals surface area (Å²) >= 11 is 1.24. The van der Waals surface area contributed by atoms with Crippen LogP contribution in [0.3, 0.4) is 0 Å². The third-order valence-electron chi connectivity index (χ3n) is 3.26. The number of carbonyl (C=O) groups excluding carboxylic acids is 1. The lowest BCUT2D eigenvalue weighted by Gasteiger charge is -2.20. The Morgan fingerprint density at radius 3 is 2.62 bits per heavy atom. The summed E-state index contributed by atoms with van der Waals surface area (Å²) in [4.78, 5) is 13.9. The lowest BCUT2D eigenvalue weighted by molar-refractivity contribution is -0.127. The zero-order valence-corrected chi connectivity index (χ0v) is 14.9. The smallest absolute Gasteiger partial charge is 0.277 e. The predicted octanol–water partition coefficient (Wildman–Crippen LogP) is 3.26. The highest BCUT2D eigenvalue weighted by Crippen LogP contribution is 2.25. The van der Waals surface area contributed by atoms with Crippen molar-refractivity contribution in [1.82, 2.24) is 15.1 Å². The van der Waals surface area contributed by atoms with Gasteiger partial charge in [0.2, 0.25) is 11.8 Å². The molecular weight excluding hydrogens is 326 g/mol. The summed E-state index contributed by atoms with van der Waals surface area (Å²) in [6, 6.07) is 7.34. The first-order chi connectivity index (χ1) is 11.5. The Morgan fingerprint density at radius 2 is 2.04 bits per heavy atom. The van der Waals surface area contributed by atoms with Gasteiger partial charge >= 0.3 is 0 Å². The van der Waals surface area contributed by atoms with Crippen LogP contribution in [0.2, 0.25) is 0 Å². The van der Waals surface area contributed by atoms with E-state index in [9.17, 15) is 4.79 Å². The van der Waals surface area contributed by atoms with Crippen LogP contribution in [-0.4, -0.2) is 47.0 Å². The quantitative estimate of drug-likeness (QED) is 0.539. The van der Waals surface area contributed by atoms with Crippen LogP contribution < -0.4 is 4.74 Å². The molecule has 1 amide bonds. The molecule has 0 radical (unpaired) electrons. The minimum Gasteiger partial charge on any atom is -0.497 e. The van der Waals surface area contributed by atoms with Crippen molar-refractivity contribution in [3.8, 4) is 17.2 Å². The van der Waals surface area contributed by atoms with Crippen LogP contribution in [0.25, 0.3) is 11.5 Å². The fourth-order valence-electron chi connectivity index (χ4n) is 2.04. The van der Waals surface area contributed by atoms with Crippen molar-refractivity contribution in [2.75, 3.05) is 26.0 Å². The zero-order valence-electron chi connectivity index (χ0n) is 14.1. The molecule has 0 bridgehead atoms. The van der Waals surface area contributed by atoms with E-state index in [4.69, 9.17) is 9.15 Å². The Kier molecular flexibility index (Phi) is 6.43. The highest BCUT2D eigenvalue weighted by Gasteiger charge is 2.15. The molecule has 0 atom stereocenters. The van der Waals surface area contributed by atoms with E-state index in [1.165, 1.54) is 11.8 Å². The van der Waals surface area contributed by atoms with E-state index >= 15 is 0 Å². The number of hydrogen-bond donors (Lipinski definition) is 0. The molecule has 1 aromatic carbocycles. The number of likely N-dealkylation sites (N-methyl/N-ethyl adjacent to an activating group) is 1. The number of rotatable bonds is 8. The summed E-state index contributed by atoms with van der Waals surface area (Å²) in [6.45, 7) is 8.90. The van der Waals surface area contributed by atoms with Crippen molar-refractivity contribution in [1.29, 1.82) is 0 Å². The van der Waals surface area contributed by atoms with E-state index in [2.05, 4.69) is 16.8 Å². The molecule has 24 heavy (non-hydrogen) atoms. The van der Waals surface area contributed by atoms with Crippen LogP contribution in [0.5, 0.6) is 5.75 Å². The van der Waals surface area contributed by atoms with Crippen molar-refractivity contribution in [2.24, 2.45) is 0 Å². The summed E-state index contributed by atoms with van der Waals surface area (Å²) in [5, 5.41) is 8.37.